The highest BCUT2D eigenvalue weighted by Crippen LogP contribution is 2.28. The van der Waals surface area contributed by atoms with E-state index in [9.17, 15) is 8.42 Å². The Kier molecular flexibility index (Phi) is 2.93. The summed E-state index contributed by atoms with van der Waals surface area (Å²) in [6.45, 7) is 0. The number of benzene rings is 1. The van der Waals surface area contributed by atoms with E-state index in [1.807, 2.05) is 36.4 Å². The molecule has 90 valence electrons. The van der Waals surface area contributed by atoms with Crippen LogP contribution in [0.3, 0.4) is 0 Å². The van der Waals surface area contributed by atoms with Crippen LogP contribution in [0, 0.1) is 0 Å². The Hall–Kier alpha value is -1.39. The normalized spacial score (nSPS) is 24.5. The quantitative estimate of drug-likeness (QED) is 0.868. The topological polar surface area (TPSA) is 60.2 Å². The molecule has 1 aliphatic carbocycles. The second-order valence-corrected chi connectivity index (χ2v) is 6.59. The number of rotatable bonds is 2. The Balaban J connectivity index is 2.29. The molecule has 0 bridgehead atoms. The lowest BCUT2D eigenvalue weighted by Gasteiger charge is -2.25. The molecular weight excluding hydrogens is 234 g/mol. The highest BCUT2D eigenvalue weighted by atomic mass is 32.2. The van der Waals surface area contributed by atoms with Crippen molar-refractivity contribution in [1.82, 2.24) is 0 Å². The number of nitrogens with two attached hydrogens (primary N) is 1. The van der Waals surface area contributed by atoms with Gasteiger partial charge in [0.05, 0.1) is 0 Å². The summed E-state index contributed by atoms with van der Waals surface area (Å²) in [6.07, 6.45) is 6.70. The van der Waals surface area contributed by atoms with Crippen LogP contribution in [0.5, 0.6) is 0 Å². The Morgan fingerprint density at radius 1 is 1.24 bits per heavy atom. The molecule has 2 N–H and O–H groups in total. The fourth-order valence-corrected chi connectivity index (χ4v) is 2.46. The molecule has 0 amide bonds. The van der Waals surface area contributed by atoms with Crippen LogP contribution in [-0.2, 0) is 9.84 Å². The van der Waals surface area contributed by atoms with Gasteiger partial charge >= 0.3 is 0 Å². The fraction of sp³-hybridized carbons (Fsp3) is 0.231. The zero-order valence-electron chi connectivity index (χ0n) is 9.63. The highest BCUT2D eigenvalue weighted by molar-refractivity contribution is 7.92. The molecule has 0 fully saturated rings. The van der Waals surface area contributed by atoms with Gasteiger partial charge in [-0.15, -0.1) is 0 Å². The van der Waals surface area contributed by atoms with E-state index >= 15 is 0 Å². The first kappa shape index (κ1) is 12.1. The second kappa shape index (κ2) is 4.13. The zero-order valence-corrected chi connectivity index (χ0v) is 10.4. The molecule has 1 atom stereocenters. The van der Waals surface area contributed by atoms with E-state index in [1.54, 1.807) is 12.2 Å². The molecule has 0 radical (unpaired) electrons. The van der Waals surface area contributed by atoms with Gasteiger partial charge in [0.2, 0.25) is 0 Å². The van der Waals surface area contributed by atoms with E-state index in [-0.39, 0.29) is 0 Å². The van der Waals surface area contributed by atoms with Gasteiger partial charge in [-0.1, -0.05) is 42.5 Å². The summed E-state index contributed by atoms with van der Waals surface area (Å²) in [5.41, 5.74) is 7.94. The van der Waals surface area contributed by atoms with Gasteiger partial charge in [-0.25, -0.2) is 8.42 Å². The maximum Gasteiger partial charge on any atom is 0.169 e. The van der Waals surface area contributed by atoms with Gasteiger partial charge in [-0.2, -0.15) is 0 Å². The monoisotopic (exact) mass is 249 g/mol. The molecule has 1 aromatic carbocycles. The highest BCUT2D eigenvalue weighted by Gasteiger charge is 2.34. The molecule has 0 saturated carbocycles. The van der Waals surface area contributed by atoms with Crippen molar-refractivity contribution < 1.29 is 8.42 Å². The molecule has 1 aliphatic rings. The third-order valence-electron chi connectivity index (χ3n) is 2.98. The third-order valence-corrected chi connectivity index (χ3v) is 4.67. The van der Waals surface area contributed by atoms with Crippen molar-refractivity contribution in [2.75, 3.05) is 6.26 Å². The number of hydrogen-bond donors (Lipinski definition) is 1. The van der Waals surface area contributed by atoms with Crippen LogP contribution >= 0.6 is 0 Å². The predicted octanol–water partition coefficient (Wildman–Crippen LogP) is 1.73. The van der Waals surface area contributed by atoms with Crippen LogP contribution in [0.2, 0.25) is 0 Å². The van der Waals surface area contributed by atoms with Gasteiger partial charge in [-0.3, -0.25) is 0 Å². The van der Waals surface area contributed by atoms with Gasteiger partial charge in [0, 0.05) is 12.7 Å². The van der Waals surface area contributed by atoms with E-state index in [1.165, 1.54) is 6.26 Å². The van der Waals surface area contributed by atoms with Crippen molar-refractivity contribution in [2.45, 2.75) is 11.3 Å². The summed E-state index contributed by atoms with van der Waals surface area (Å²) in [7, 11) is -3.28. The molecule has 4 heteroatoms. The van der Waals surface area contributed by atoms with Crippen LogP contribution < -0.4 is 5.73 Å². The van der Waals surface area contributed by atoms with Crippen molar-refractivity contribution in [2.24, 2.45) is 5.73 Å². The minimum absolute atomic E-state index is 0.312. The minimum Gasteiger partial charge on any atom is -0.309 e. The standard InChI is InChI=1S/C13H15NO2S/c1-17(15,16)13(14)9-7-12(8-10-13)11-5-3-2-4-6-11/h2-9H,10,14H2,1H3. The van der Waals surface area contributed by atoms with Crippen molar-refractivity contribution in [3.63, 3.8) is 0 Å². The predicted molar refractivity (Wildman–Crippen MR) is 69.9 cm³/mol. The first-order valence-corrected chi connectivity index (χ1v) is 7.25. The van der Waals surface area contributed by atoms with Crippen molar-refractivity contribution in [1.29, 1.82) is 0 Å². The van der Waals surface area contributed by atoms with E-state index in [0.717, 1.165) is 11.1 Å². The largest absolute Gasteiger partial charge is 0.309 e. The Morgan fingerprint density at radius 3 is 2.35 bits per heavy atom. The fourth-order valence-electron chi connectivity index (χ4n) is 1.76. The summed E-state index contributed by atoms with van der Waals surface area (Å²) in [5, 5.41) is 0. The van der Waals surface area contributed by atoms with E-state index in [4.69, 9.17) is 5.73 Å². The van der Waals surface area contributed by atoms with Crippen LogP contribution in [0.25, 0.3) is 5.57 Å². The van der Waals surface area contributed by atoms with Gasteiger partial charge in [0.15, 0.2) is 9.84 Å². The Morgan fingerprint density at radius 2 is 1.88 bits per heavy atom. The van der Waals surface area contributed by atoms with Gasteiger partial charge in [0.25, 0.3) is 0 Å². The molecule has 1 aromatic rings. The lowest BCUT2D eigenvalue weighted by atomic mass is 9.97. The van der Waals surface area contributed by atoms with E-state index in [2.05, 4.69) is 0 Å². The van der Waals surface area contributed by atoms with Crippen LogP contribution in [-0.4, -0.2) is 19.5 Å². The van der Waals surface area contributed by atoms with Crippen molar-refractivity contribution in [3.8, 4) is 0 Å². The Bertz CT molecular complexity index is 573. The SMILES string of the molecule is CS(=O)(=O)C1(N)C=CC(c2ccccc2)=CC1. The lowest BCUT2D eigenvalue weighted by molar-refractivity contribution is 0.562. The summed E-state index contributed by atoms with van der Waals surface area (Å²) in [5.74, 6) is 0. The van der Waals surface area contributed by atoms with Gasteiger partial charge in [-0.05, 0) is 17.2 Å². The van der Waals surface area contributed by atoms with Crippen LogP contribution in [0.4, 0.5) is 0 Å². The molecule has 0 aliphatic heterocycles. The number of hydrogen-bond acceptors (Lipinski definition) is 3. The molecule has 0 heterocycles. The minimum atomic E-state index is -3.28. The van der Waals surface area contributed by atoms with E-state index < -0.39 is 14.7 Å². The molecule has 0 saturated heterocycles. The number of allylic oxidation sites excluding steroid dienone is 2. The Labute approximate surface area is 102 Å². The maximum absolute atomic E-state index is 11.5. The molecule has 3 nitrogen and oxygen atoms in total. The summed E-state index contributed by atoms with van der Waals surface area (Å²) in [4.78, 5) is -1.26. The maximum atomic E-state index is 11.5. The summed E-state index contributed by atoms with van der Waals surface area (Å²) >= 11 is 0. The molecule has 17 heavy (non-hydrogen) atoms. The van der Waals surface area contributed by atoms with Gasteiger partial charge in [0.1, 0.15) is 4.87 Å². The van der Waals surface area contributed by atoms with Gasteiger partial charge < -0.3 is 5.73 Å². The lowest BCUT2D eigenvalue weighted by Crippen LogP contribution is -2.45. The average molecular weight is 249 g/mol. The third kappa shape index (κ3) is 2.33. The number of sulfone groups is 1. The zero-order chi connectivity index (χ0) is 12.5. The van der Waals surface area contributed by atoms with Crippen LogP contribution in [0.1, 0.15) is 12.0 Å². The molecular formula is C13H15NO2S. The molecule has 0 aromatic heterocycles. The molecule has 1 unspecified atom stereocenters. The smallest absolute Gasteiger partial charge is 0.169 e. The van der Waals surface area contributed by atoms with E-state index in [0.29, 0.717) is 6.42 Å². The van der Waals surface area contributed by atoms with Crippen LogP contribution in [0.15, 0.2) is 48.6 Å². The first-order chi connectivity index (χ1) is 7.92. The van der Waals surface area contributed by atoms with Crippen molar-refractivity contribution >= 4 is 15.4 Å². The van der Waals surface area contributed by atoms with Crippen molar-refractivity contribution in [3.05, 3.63) is 54.1 Å². The average Bonchev–Trinajstić information content (AvgIpc) is 2.30. The molecule has 0 spiro atoms. The molecule has 2 rings (SSSR count). The first-order valence-electron chi connectivity index (χ1n) is 5.36. The summed E-state index contributed by atoms with van der Waals surface area (Å²) in [6, 6.07) is 9.82. The summed E-state index contributed by atoms with van der Waals surface area (Å²) < 4.78 is 23.1. The second-order valence-electron chi connectivity index (χ2n) is 4.29.